The fourth-order valence-electron chi connectivity index (χ4n) is 5.03. The van der Waals surface area contributed by atoms with Crippen molar-refractivity contribution in [2.24, 2.45) is 17.8 Å². The molecule has 0 radical (unpaired) electrons. The smallest absolute Gasteiger partial charge is 0.341 e. The largest absolute Gasteiger partial charge is 0.482 e. The van der Waals surface area contributed by atoms with Crippen LogP contribution in [0, 0.1) is 17.8 Å². The van der Waals surface area contributed by atoms with Gasteiger partial charge in [-0.3, -0.25) is 0 Å². The zero-order valence-electron chi connectivity index (χ0n) is 18.0. The number of aliphatic hydroxyl groups excluding tert-OH is 2. The van der Waals surface area contributed by atoms with Crippen molar-refractivity contribution in [1.82, 2.24) is 0 Å². The predicted octanol–water partition coefficient (Wildman–Crippen LogP) is 4.60. The van der Waals surface area contributed by atoms with Crippen LogP contribution >= 0.6 is 0 Å². The van der Waals surface area contributed by atoms with E-state index in [1.54, 1.807) is 6.08 Å². The summed E-state index contributed by atoms with van der Waals surface area (Å²) in [6.45, 7) is 7.91. The third-order valence-corrected chi connectivity index (χ3v) is 6.51. The Bertz CT molecular complexity index is 621. The first-order valence-corrected chi connectivity index (χ1v) is 11.1. The summed E-state index contributed by atoms with van der Waals surface area (Å²) in [5.74, 6) is 0.504. The zero-order valence-corrected chi connectivity index (χ0v) is 18.0. The Morgan fingerprint density at radius 1 is 1.31 bits per heavy atom. The number of aliphatic carboxylic acids is 1. The molecule has 2 saturated carbocycles. The van der Waals surface area contributed by atoms with Crippen molar-refractivity contribution >= 4 is 5.97 Å². The van der Waals surface area contributed by atoms with E-state index in [0.717, 1.165) is 68.9 Å². The number of carboxylic acids is 1. The molecule has 2 fully saturated rings. The molecule has 0 heterocycles. The summed E-state index contributed by atoms with van der Waals surface area (Å²) in [7, 11) is 0. The van der Waals surface area contributed by atoms with Gasteiger partial charge < -0.3 is 20.1 Å². The van der Waals surface area contributed by atoms with Crippen molar-refractivity contribution < 1.29 is 24.9 Å². The highest BCUT2D eigenvalue weighted by Gasteiger charge is 2.45. The molecule has 5 nitrogen and oxygen atoms in total. The van der Waals surface area contributed by atoms with Gasteiger partial charge in [-0.15, -0.1) is 0 Å². The van der Waals surface area contributed by atoms with Crippen LogP contribution in [0.3, 0.4) is 0 Å². The lowest BCUT2D eigenvalue weighted by Crippen LogP contribution is -2.26. The minimum Gasteiger partial charge on any atom is -0.482 e. The molecule has 5 atom stereocenters. The van der Waals surface area contributed by atoms with Crippen LogP contribution in [0.15, 0.2) is 35.6 Å². The molecular weight excluding hydrogens is 368 g/mol. The maximum Gasteiger partial charge on any atom is 0.341 e. The van der Waals surface area contributed by atoms with Gasteiger partial charge >= 0.3 is 5.97 Å². The van der Waals surface area contributed by atoms with Gasteiger partial charge in [0.05, 0.1) is 12.2 Å². The van der Waals surface area contributed by atoms with Gasteiger partial charge in [-0.05, 0) is 80.4 Å². The van der Waals surface area contributed by atoms with Gasteiger partial charge in [-0.1, -0.05) is 38.8 Å². The highest BCUT2D eigenvalue weighted by Crippen LogP contribution is 2.51. The number of ether oxygens (including phenoxy) is 1. The van der Waals surface area contributed by atoms with E-state index >= 15 is 0 Å². The summed E-state index contributed by atoms with van der Waals surface area (Å²) in [6.07, 6.45) is 11.1. The molecule has 2 aliphatic rings. The van der Waals surface area contributed by atoms with Crippen LogP contribution < -0.4 is 0 Å². The Balaban J connectivity index is 2.02. The molecule has 0 aliphatic heterocycles. The monoisotopic (exact) mass is 406 g/mol. The Labute approximate surface area is 175 Å². The maximum absolute atomic E-state index is 10.9. The fourth-order valence-corrected chi connectivity index (χ4v) is 5.03. The summed E-state index contributed by atoms with van der Waals surface area (Å²) in [5, 5.41) is 29.9. The molecule has 29 heavy (non-hydrogen) atoms. The van der Waals surface area contributed by atoms with Gasteiger partial charge in [0.25, 0.3) is 0 Å². The normalized spacial score (nSPS) is 29.7. The maximum atomic E-state index is 10.9. The quantitative estimate of drug-likeness (QED) is 0.345. The standard InChI is InChI=1S/C24H38O5/c1-4-6-7-9-18(25)10-11-19-21-12-16(3)20(13-17(21)14-22(19)26)23(8-5-2)29-15-24(27)28/h5,8,17-19,21-22,25-26H,3-4,6-7,9-15H2,1-2H3,(H,27,28)/b8-5-,23-20+/t17?,18-,19+,21-,22+/m0/s1. The Kier molecular flexibility index (Phi) is 9.44. The van der Waals surface area contributed by atoms with E-state index in [0.29, 0.717) is 17.6 Å². The highest BCUT2D eigenvalue weighted by atomic mass is 16.5. The number of hydrogen-bond acceptors (Lipinski definition) is 4. The van der Waals surface area contributed by atoms with Crippen molar-refractivity contribution in [2.75, 3.05) is 6.61 Å². The van der Waals surface area contributed by atoms with Gasteiger partial charge in [0, 0.05) is 0 Å². The molecule has 2 aliphatic carbocycles. The number of rotatable bonds is 11. The first-order valence-electron chi connectivity index (χ1n) is 11.1. The lowest BCUT2D eigenvalue weighted by molar-refractivity contribution is -0.140. The third-order valence-electron chi connectivity index (χ3n) is 6.51. The molecular formula is C24H38O5. The van der Waals surface area contributed by atoms with Crippen molar-refractivity contribution in [1.29, 1.82) is 0 Å². The second-order valence-corrected chi connectivity index (χ2v) is 8.65. The van der Waals surface area contributed by atoms with E-state index in [4.69, 9.17) is 9.84 Å². The third kappa shape index (κ3) is 6.71. The van der Waals surface area contributed by atoms with Crippen LogP contribution in [0.25, 0.3) is 0 Å². The Morgan fingerprint density at radius 2 is 2.07 bits per heavy atom. The first-order chi connectivity index (χ1) is 13.9. The number of aliphatic hydroxyl groups is 2. The average Bonchev–Trinajstić information content (AvgIpc) is 2.97. The summed E-state index contributed by atoms with van der Waals surface area (Å²) in [6, 6.07) is 0. The molecule has 0 spiro atoms. The molecule has 0 aromatic heterocycles. The SMILES string of the molecule is C=C1C[C@H]2C(C/C1=C(/C=C\C)OCC(=O)O)C[C@@H](O)[C@@H]2CC[C@@H](O)CCCCC. The van der Waals surface area contributed by atoms with Crippen LogP contribution in [0.5, 0.6) is 0 Å². The second kappa shape index (κ2) is 11.6. The van der Waals surface area contributed by atoms with Crippen molar-refractivity contribution in [3.8, 4) is 0 Å². The minimum atomic E-state index is -0.999. The van der Waals surface area contributed by atoms with E-state index in [1.165, 1.54) is 0 Å². The highest BCUT2D eigenvalue weighted by molar-refractivity contribution is 5.68. The van der Waals surface area contributed by atoms with Gasteiger partial charge in [0.2, 0.25) is 0 Å². The van der Waals surface area contributed by atoms with E-state index in [2.05, 4.69) is 13.5 Å². The van der Waals surface area contributed by atoms with E-state index in [1.807, 2.05) is 13.0 Å². The summed E-state index contributed by atoms with van der Waals surface area (Å²) in [5.41, 5.74) is 1.96. The Morgan fingerprint density at radius 3 is 2.72 bits per heavy atom. The lowest BCUT2D eigenvalue weighted by Gasteiger charge is -2.33. The second-order valence-electron chi connectivity index (χ2n) is 8.65. The number of fused-ring (bicyclic) bond motifs is 1. The summed E-state index contributed by atoms with van der Waals surface area (Å²) >= 11 is 0. The first kappa shape index (κ1) is 23.7. The van der Waals surface area contributed by atoms with Crippen LogP contribution in [0.2, 0.25) is 0 Å². The molecule has 164 valence electrons. The fraction of sp³-hybridized carbons (Fsp3) is 0.708. The van der Waals surface area contributed by atoms with E-state index in [-0.39, 0.29) is 24.7 Å². The van der Waals surface area contributed by atoms with Crippen LogP contribution in [-0.2, 0) is 9.53 Å². The van der Waals surface area contributed by atoms with Crippen LogP contribution in [0.1, 0.15) is 71.6 Å². The van der Waals surface area contributed by atoms with Crippen molar-refractivity contribution in [3.05, 3.63) is 35.6 Å². The predicted molar refractivity (Wildman–Crippen MR) is 114 cm³/mol. The molecule has 0 aromatic carbocycles. The minimum absolute atomic E-state index is 0.198. The van der Waals surface area contributed by atoms with E-state index < -0.39 is 5.97 Å². The molecule has 1 unspecified atom stereocenters. The number of unbranched alkanes of at least 4 members (excludes halogenated alkanes) is 2. The lowest BCUT2D eigenvalue weighted by atomic mass is 9.72. The molecule has 0 bridgehead atoms. The number of hydrogen-bond donors (Lipinski definition) is 3. The number of allylic oxidation sites excluding steroid dienone is 4. The topological polar surface area (TPSA) is 87.0 Å². The van der Waals surface area contributed by atoms with Gasteiger partial charge in [0.15, 0.2) is 6.61 Å². The molecule has 0 aromatic rings. The molecule has 0 amide bonds. The van der Waals surface area contributed by atoms with Crippen molar-refractivity contribution in [3.63, 3.8) is 0 Å². The van der Waals surface area contributed by atoms with E-state index in [9.17, 15) is 15.0 Å². The molecule has 0 saturated heterocycles. The van der Waals surface area contributed by atoms with Gasteiger partial charge in [0.1, 0.15) is 5.76 Å². The zero-order chi connectivity index (χ0) is 21.4. The summed E-state index contributed by atoms with van der Waals surface area (Å²) in [4.78, 5) is 10.9. The number of carboxylic acid groups (broad SMARTS) is 1. The summed E-state index contributed by atoms with van der Waals surface area (Å²) < 4.78 is 5.52. The average molecular weight is 407 g/mol. The van der Waals surface area contributed by atoms with Gasteiger partial charge in [-0.25, -0.2) is 4.79 Å². The molecule has 3 N–H and O–H groups in total. The van der Waals surface area contributed by atoms with Crippen molar-refractivity contribution in [2.45, 2.75) is 83.8 Å². The van der Waals surface area contributed by atoms with Crippen LogP contribution in [-0.4, -0.2) is 40.1 Å². The van der Waals surface area contributed by atoms with Gasteiger partial charge in [-0.2, -0.15) is 0 Å². The molecule has 2 rings (SSSR count). The number of carbonyl (C=O) groups is 1. The molecule has 5 heteroatoms. The Hall–Kier alpha value is -1.59. The van der Waals surface area contributed by atoms with Crippen LogP contribution in [0.4, 0.5) is 0 Å².